The Balaban J connectivity index is 1.67. The van der Waals surface area contributed by atoms with E-state index in [1.807, 2.05) is 47.2 Å². The third-order valence-electron chi connectivity index (χ3n) is 3.89. The molecule has 0 aliphatic carbocycles. The summed E-state index contributed by atoms with van der Waals surface area (Å²) in [5.74, 6) is -0.182. The largest absolute Gasteiger partial charge is 0.341 e. The van der Waals surface area contributed by atoms with Crippen LogP contribution >= 0.6 is 0 Å². The number of anilines is 2. The molecule has 6 heteroatoms. The zero-order valence-corrected chi connectivity index (χ0v) is 14.4. The van der Waals surface area contributed by atoms with E-state index >= 15 is 0 Å². The maximum absolute atomic E-state index is 12.6. The fourth-order valence-electron chi connectivity index (χ4n) is 2.56. The van der Waals surface area contributed by atoms with Crippen molar-refractivity contribution in [2.75, 3.05) is 17.7 Å². The van der Waals surface area contributed by atoms with Gasteiger partial charge in [0.2, 0.25) is 0 Å². The van der Waals surface area contributed by atoms with Crippen molar-refractivity contribution in [3.63, 3.8) is 0 Å². The summed E-state index contributed by atoms with van der Waals surface area (Å²) in [6.07, 6.45) is 1.89. The molecule has 0 bridgehead atoms. The summed E-state index contributed by atoms with van der Waals surface area (Å²) in [6, 6.07) is 20.3. The minimum absolute atomic E-state index is 0.182. The van der Waals surface area contributed by atoms with Crippen molar-refractivity contribution in [1.82, 2.24) is 9.88 Å². The normalized spacial score (nSPS) is 10.2. The van der Waals surface area contributed by atoms with Crippen molar-refractivity contribution in [2.24, 2.45) is 0 Å². The Labute approximate surface area is 151 Å². The number of urea groups is 1. The number of nitrogens with one attached hydrogen (secondary N) is 3. The van der Waals surface area contributed by atoms with Crippen molar-refractivity contribution in [3.8, 4) is 0 Å². The Bertz CT molecular complexity index is 886. The highest BCUT2D eigenvalue weighted by molar-refractivity contribution is 6.03. The van der Waals surface area contributed by atoms with E-state index in [4.69, 9.17) is 0 Å². The van der Waals surface area contributed by atoms with Crippen LogP contribution in [0.25, 0.3) is 0 Å². The van der Waals surface area contributed by atoms with E-state index in [0.29, 0.717) is 23.6 Å². The van der Waals surface area contributed by atoms with Gasteiger partial charge in [-0.3, -0.25) is 4.79 Å². The zero-order chi connectivity index (χ0) is 18.4. The topological polar surface area (TPSA) is 75.2 Å². The van der Waals surface area contributed by atoms with Gasteiger partial charge in [-0.15, -0.1) is 0 Å². The summed E-state index contributed by atoms with van der Waals surface area (Å²) in [5.41, 5.74) is 3.02. The number of carbonyl (C=O) groups excluding carboxylic acids is 2. The van der Waals surface area contributed by atoms with Gasteiger partial charge in [0, 0.05) is 31.2 Å². The Morgan fingerprint density at radius 2 is 1.50 bits per heavy atom. The SMILES string of the molecule is CNC(=O)Nc1ccc(NC(=O)c2cccn2Cc2ccccc2)cc1. The molecule has 2 aromatic carbocycles. The van der Waals surface area contributed by atoms with Crippen molar-refractivity contribution < 1.29 is 9.59 Å². The van der Waals surface area contributed by atoms with Gasteiger partial charge in [0.05, 0.1) is 0 Å². The summed E-state index contributed by atoms with van der Waals surface area (Å²) in [4.78, 5) is 23.9. The van der Waals surface area contributed by atoms with E-state index in [2.05, 4.69) is 16.0 Å². The van der Waals surface area contributed by atoms with Gasteiger partial charge in [-0.05, 0) is 42.0 Å². The van der Waals surface area contributed by atoms with E-state index in [0.717, 1.165) is 5.56 Å². The van der Waals surface area contributed by atoms with Crippen LogP contribution in [0.15, 0.2) is 72.9 Å². The van der Waals surface area contributed by atoms with Crippen LogP contribution in [0.4, 0.5) is 16.2 Å². The van der Waals surface area contributed by atoms with E-state index in [9.17, 15) is 9.59 Å². The quantitative estimate of drug-likeness (QED) is 0.660. The molecular weight excluding hydrogens is 328 g/mol. The molecule has 3 aromatic rings. The van der Waals surface area contributed by atoms with Gasteiger partial charge in [-0.25, -0.2) is 4.79 Å². The molecule has 0 aliphatic rings. The van der Waals surface area contributed by atoms with Crippen LogP contribution in [0, 0.1) is 0 Å². The second-order valence-corrected chi connectivity index (χ2v) is 5.74. The van der Waals surface area contributed by atoms with Crippen molar-refractivity contribution in [1.29, 1.82) is 0 Å². The monoisotopic (exact) mass is 348 g/mol. The fourth-order valence-corrected chi connectivity index (χ4v) is 2.56. The fraction of sp³-hybridized carbons (Fsp3) is 0.100. The molecule has 0 radical (unpaired) electrons. The van der Waals surface area contributed by atoms with Gasteiger partial charge in [0.1, 0.15) is 5.69 Å². The average molecular weight is 348 g/mol. The van der Waals surface area contributed by atoms with Crippen LogP contribution in [0.5, 0.6) is 0 Å². The number of nitrogens with zero attached hydrogens (tertiary/aromatic N) is 1. The number of hydrogen-bond donors (Lipinski definition) is 3. The first-order valence-electron chi connectivity index (χ1n) is 8.25. The average Bonchev–Trinajstić information content (AvgIpc) is 3.12. The van der Waals surface area contributed by atoms with E-state index in [-0.39, 0.29) is 11.9 Å². The molecule has 0 fully saturated rings. The Morgan fingerprint density at radius 1 is 0.846 bits per heavy atom. The maximum Gasteiger partial charge on any atom is 0.318 e. The van der Waals surface area contributed by atoms with E-state index in [1.54, 1.807) is 37.4 Å². The molecule has 3 rings (SSSR count). The third-order valence-corrected chi connectivity index (χ3v) is 3.89. The molecule has 0 atom stereocenters. The molecule has 1 heterocycles. The standard InChI is InChI=1S/C20H20N4O2/c1-21-20(26)23-17-11-9-16(10-12-17)22-19(25)18-8-5-13-24(18)14-15-6-3-2-4-7-15/h2-13H,14H2,1H3,(H,22,25)(H2,21,23,26). The first-order valence-corrected chi connectivity index (χ1v) is 8.25. The minimum Gasteiger partial charge on any atom is -0.341 e. The van der Waals surface area contributed by atoms with Crippen LogP contribution < -0.4 is 16.0 Å². The van der Waals surface area contributed by atoms with Gasteiger partial charge in [0.15, 0.2) is 0 Å². The van der Waals surface area contributed by atoms with E-state index in [1.165, 1.54) is 0 Å². The van der Waals surface area contributed by atoms with Crippen molar-refractivity contribution in [2.45, 2.75) is 6.54 Å². The lowest BCUT2D eigenvalue weighted by atomic mass is 10.2. The minimum atomic E-state index is -0.291. The summed E-state index contributed by atoms with van der Waals surface area (Å²) < 4.78 is 1.91. The third kappa shape index (κ3) is 4.30. The summed E-state index contributed by atoms with van der Waals surface area (Å²) in [5, 5.41) is 8.03. The molecule has 0 saturated heterocycles. The lowest BCUT2D eigenvalue weighted by Crippen LogP contribution is -2.24. The first kappa shape index (κ1) is 17.3. The Morgan fingerprint density at radius 3 is 2.15 bits per heavy atom. The van der Waals surface area contributed by atoms with Gasteiger partial charge < -0.3 is 20.5 Å². The van der Waals surface area contributed by atoms with Crippen molar-refractivity contribution in [3.05, 3.63) is 84.2 Å². The summed E-state index contributed by atoms with van der Waals surface area (Å²) in [7, 11) is 1.55. The number of amides is 3. The number of aromatic nitrogens is 1. The number of carbonyl (C=O) groups is 2. The highest BCUT2D eigenvalue weighted by Crippen LogP contribution is 2.15. The lowest BCUT2D eigenvalue weighted by Gasteiger charge is -2.11. The molecule has 0 unspecified atom stereocenters. The summed E-state index contributed by atoms with van der Waals surface area (Å²) in [6.45, 7) is 0.631. The van der Waals surface area contributed by atoms with E-state index < -0.39 is 0 Å². The van der Waals surface area contributed by atoms with Crippen LogP contribution in [-0.2, 0) is 6.54 Å². The zero-order valence-electron chi connectivity index (χ0n) is 14.4. The molecule has 3 N–H and O–H groups in total. The molecular formula is C20H20N4O2. The second-order valence-electron chi connectivity index (χ2n) is 5.74. The summed E-state index contributed by atoms with van der Waals surface area (Å²) >= 11 is 0. The number of rotatable bonds is 5. The van der Waals surface area contributed by atoms with Crippen LogP contribution in [-0.4, -0.2) is 23.6 Å². The molecule has 0 aliphatic heterocycles. The van der Waals surface area contributed by atoms with Crippen LogP contribution in [0.2, 0.25) is 0 Å². The van der Waals surface area contributed by atoms with Crippen LogP contribution in [0.3, 0.4) is 0 Å². The molecule has 0 saturated carbocycles. The lowest BCUT2D eigenvalue weighted by molar-refractivity contribution is 0.101. The second kappa shape index (κ2) is 8.02. The van der Waals surface area contributed by atoms with Gasteiger partial charge >= 0.3 is 6.03 Å². The molecule has 3 amide bonds. The highest BCUT2D eigenvalue weighted by Gasteiger charge is 2.11. The maximum atomic E-state index is 12.6. The Hall–Kier alpha value is -3.54. The molecule has 132 valence electrons. The van der Waals surface area contributed by atoms with Gasteiger partial charge in [-0.1, -0.05) is 30.3 Å². The van der Waals surface area contributed by atoms with Crippen LogP contribution in [0.1, 0.15) is 16.1 Å². The predicted octanol–water partition coefficient (Wildman–Crippen LogP) is 3.54. The molecule has 6 nitrogen and oxygen atoms in total. The van der Waals surface area contributed by atoms with Gasteiger partial charge in [-0.2, -0.15) is 0 Å². The smallest absolute Gasteiger partial charge is 0.318 e. The molecule has 1 aromatic heterocycles. The number of hydrogen-bond acceptors (Lipinski definition) is 2. The van der Waals surface area contributed by atoms with Crippen molar-refractivity contribution >= 4 is 23.3 Å². The predicted molar refractivity (Wildman–Crippen MR) is 102 cm³/mol. The Kier molecular flexibility index (Phi) is 5.34. The van der Waals surface area contributed by atoms with Gasteiger partial charge in [0.25, 0.3) is 5.91 Å². The number of benzene rings is 2. The highest BCUT2D eigenvalue weighted by atomic mass is 16.2. The molecule has 0 spiro atoms. The molecule has 26 heavy (non-hydrogen) atoms. The first-order chi connectivity index (χ1) is 12.7.